The molecule has 0 saturated heterocycles. The average Bonchev–Trinajstić information content (AvgIpc) is 3.36. The number of carbonyl (C=O) groups is 1. The fraction of sp³-hybridized carbons (Fsp3) is 0.273. The Labute approximate surface area is 205 Å². The summed E-state index contributed by atoms with van der Waals surface area (Å²) in [6.07, 6.45) is 4.28. The zero-order valence-electron chi connectivity index (χ0n) is 18.9. The Hall–Kier alpha value is -4.61. The lowest BCUT2D eigenvalue weighted by molar-refractivity contribution is -0.117. The molecule has 3 heterocycles. The van der Waals surface area contributed by atoms with Crippen molar-refractivity contribution in [3.63, 3.8) is 0 Å². The van der Waals surface area contributed by atoms with Crippen molar-refractivity contribution in [1.29, 1.82) is 5.26 Å². The molecule has 3 aromatic heterocycles. The normalized spacial score (nSPS) is 19.5. The Kier molecular flexibility index (Phi) is 6.75. The molecule has 0 fully saturated rings. The summed E-state index contributed by atoms with van der Waals surface area (Å²) in [5.41, 5.74) is 5.00. The van der Waals surface area contributed by atoms with Gasteiger partial charge in [0.1, 0.15) is 11.6 Å². The fourth-order valence-corrected chi connectivity index (χ4v) is 4.34. The summed E-state index contributed by atoms with van der Waals surface area (Å²) in [6, 6.07) is 3.82. The number of nitrogens with zero attached hydrogens (tertiary/aromatic N) is 6. The number of nitrogens with two attached hydrogens (primary N) is 1. The van der Waals surface area contributed by atoms with Crippen molar-refractivity contribution in [1.82, 2.24) is 19.6 Å². The highest BCUT2D eigenvalue weighted by Gasteiger charge is 2.48. The van der Waals surface area contributed by atoms with Crippen LogP contribution in [-0.2, 0) is 10.2 Å². The van der Waals surface area contributed by atoms with Gasteiger partial charge >= 0.3 is 13.2 Å². The zero-order chi connectivity index (χ0) is 26.9. The minimum Gasteiger partial charge on any atom is -0.415 e. The minimum absolute atomic E-state index is 0.00587. The van der Waals surface area contributed by atoms with Gasteiger partial charge in [-0.05, 0) is 31.2 Å². The number of allylic oxidation sites excluding steroid dienone is 1. The predicted octanol–water partition coefficient (Wildman–Crippen LogP) is 3.26. The van der Waals surface area contributed by atoms with E-state index in [0.717, 1.165) is 30.7 Å². The van der Waals surface area contributed by atoms with Crippen LogP contribution in [0.1, 0.15) is 36.1 Å². The molecule has 192 valence electrons. The zero-order valence-corrected chi connectivity index (χ0v) is 18.9. The lowest BCUT2D eigenvalue weighted by Crippen LogP contribution is -2.28. The third kappa shape index (κ3) is 4.77. The van der Waals surface area contributed by atoms with E-state index in [1.807, 2.05) is 0 Å². The Bertz CT molecular complexity index is 1470. The molecule has 37 heavy (non-hydrogen) atoms. The van der Waals surface area contributed by atoms with Gasteiger partial charge in [0.15, 0.2) is 5.65 Å². The first kappa shape index (κ1) is 25.5. The van der Waals surface area contributed by atoms with Gasteiger partial charge in [0.05, 0.1) is 23.5 Å². The van der Waals surface area contributed by atoms with E-state index in [2.05, 4.69) is 30.1 Å². The Balaban J connectivity index is 1.75. The van der Waals surface area contributed by atoms with Gasteiger partial charge in [-0.3, -0.25) is 4.79 Å². The first-order chi connectivity index (χ1) is 17.6. The highest BCUT2D eigenvalue weighted by Crippen LogP contribution is 2.49. The molecular formula is C22H17F5N8O2. The minimum atomic E-state index is -3.21. The van der Waals surface area contributed by atoms with Crippen molar-refractivity contribution in [3.8, 4) is 11.9 Å². The number of anilines is 1. The standard InChI is InChI=1S/C22H17F5N8O2/c1-22(11(6-29)7-32-20(24)25)4-13(14-9-30-16-3-15(23)34-35(16)17(14)22)18(36)33-12-2-10(5-28)19(31-8-12)37-21(26)27/h2-3,6-9,13,20-21H,4,29H2,1H3,(H,33,36)/b11-6+,32-7+/t13-,22+/m0/s1. The maximum absolute atomic E-state index is 14.0. The van der Waals surface area contributed by atoms with E-state index in [1.165, 1.54) is 10.7 Å². The van der Waals surface area contributed by atoms with Crippen LogP contribution in [-0.4, -0.2) is 44.9 Å². The number of nitriles is 1. The third-order valence-electron chi connectivity index (χ3n) is 5.89. The number of hydrogen-bond donors (Lipinski definition) is 2. The molecule has 1 amide bonds. The van der Waals surface area contributed by atoms with Crippen molar-refractivity contribution in [3.05, 3.63) is 59.1 Å². The summed E-state index contributed by atoms with van der Waals surface area (Å²) in [5, 5.41) is 15.6. The number of amides is 1. The number of carbonyl (C=O) groups excluding carboxylic acids is 1. The highest BCUT2D eigenvalue weighted by molar-refractivity contribution is 5.97. The first-order valence-electron chi connectivity index (χ1n) is 10.5. The number of rotatable bonds is 7. The molecule has 3 N–H and O–H groups in total. The molecule has 10 nitrogen and oxygen atoms in total. The highest BCUT2D eigenvalue weighted by atomic mass is 19.3. The Morgan fingerprint density at radius 1 is 1.35 bits per heavy atom. The maximum Gasteiger partial charge on any atom is 0.388 e. The lowest BCUT2D eigenvalue weighted by atomic mass is 9.79. The SMILES string of the molecule is C[C@]1(C(=C/N)/C=N/C(F)F)C[C@H](C(=O)Nc2cnc(OC(F)F)c(C#N)c2)c2cnc3cc(F)nn3c21. The van der Waals surface area contributed by atoms with Crippen LogP contribution in [0.25, 0.3) is 5.65 Å². The van der Waals surface area contributed by atoms with E-state index in [9.17, 15) is 32.0 Å². The predicted molar refractivity (Wildman–Crippen MR) is 119 cm³/mol. The molecule has 0 saturated carbocycles. The Morgan fingerprint density at radius 2 is 2.11 bits per heavy atom. The molecule has 3 aromatic rings. The van der Waals surface area contributed by atoms with Crippen LogP contribution < -0.4 is 15.8 Å². The van der Waals surface area contributed by atoms with E-state index in [-0.39, 0.29) is 34.6 Å². The van der Waals surface area contributed by atoms with Gasteiger partial charge in [-0.25, -0.2) is 19.5 Å². The number of fused-ring (bicyclic) bond motifs is 3. The van der Waals surface area contributed by atoms with E-state index >= 15 is 0 Å². The molecule has 0 aliphatic heterocycles. The third-order valence-corrected chi connectivity index (χ3v) is 5.89. The fourth-order valence-electron chi connectivity index (χ4n) is 4.34. The summed E-state index contributed by atoms with van der Waals surface area (Å²) >= 11 is 0. The van der Waals surface area contributed by atoms with Gasteiger partial charge in [0.25, 0.3) is 0 Å². The van der Waals surface area contributed by atoms with E-state index in [1.54, 1.807) is 13.0 Å². The van der Waals surface area contributed by atoms with Crippen LogP contribution in [0.4, 0.5) is 27.6 Å². The van der Waals surface area contributed by atoms with Gasteiger partial charge in [-0.1, -0.05) is 0 Å². The smallest absolute Gasteiger partial charge is 0.388 e. The summed E-state index contributed by atoms with van der Waals surface area (Å²) < 4.78 is 70.0. The van der Waals surface area contributed by atoms with Crippen molar-refractivity contribution in [2.75, 3.05) is 5.32 Å². The quantitative estimate of drug-likeness (QED) is 0.277. The van der Waals surface area contributed by atoms with E-state index in [4.69, 9.17) is 5.73 Å². The summed E-state index contributed by atoms with van der Waals surface area (Å²) in [7, 11) is 0. The molecule has 1 aliphatic rings. The van der Waals surface area contributed by atoms with Gasteiger partial charge in [-0.15, -0.1) is 5.10 Å². The molecule has 0 aromatic carbocycles. The van der Waals surface area contributed by atoms with Crippen LogP contribution in [0, 0.1) is 17.3 Å². The van der Waals surface area contributed by atoms with Gasteiger partial charge in [-0.2, -0.15) is 27.2 Å². The van der Waals surface area contributed by atoms with Crippen LogP contribution in [0.5, 0.6) is 5.88 Å². The van der Waals surface area contributed by atoms with Gasteiger partial charge in [0, 0.05) is 29.5 Å². The number of nitrogens with one attached hydrogen (secondary N) is 1. The molecule has 15 heteroatoms. The maximum atomic E-state index is 14.0. The van der Waals surface area contributed by atoms with Crippen molar-refractivity contribution >= 4 is 23.5 Å². The monoisotopic (exact) mass is 520 g/mol. The molecule has 0 radical (unpaired) electrons. The molecule has 1 aliphatic carbocycles. The largest absolute Gasteiger partial charge is 0.415 e. The van der Waals surface area contributed by atoms with Crippen LogP contribution in [0.3, 0.4) is 0 Å². The van der Waals surface area contributed by atoms with E-state index < -0.39 is 42.2 Å². The number of alkyl halides is 4. The van der Waals surface area contributed by atoms with E-state index in [0.29, 0.717) is 5.56 Å². The average molecular weight is 520 g/mol. The summed E-state index contributed by atoms with van der Waals surface area (Å²) in [5.74, 6) is -3.06. The summed E-state index contributed by atoms with van der Waals surface area (Å²) in [4.78, 5) is 24.2. The molecule has 0 bridgehead atoms. The first-order valence-corrected chi connectivity index (χ1v) is 10.5. The van der Waals surface area contributed by atoms with Crippen molar-refractivity contribution in [2.24, 2.45) is 10.7 Å². The van der Waals surface area contributed by atoms with Crippen molar-refractivity contribution in [2.45, 2.75) is 37.8 Å². The van der Waals surface area contributed by atoms with Gasteiger partial charge in [0.2, 0.25) is 17.7 Å². The topological polar surface area (TPSA) is 144 Å². The second kappa shape index (κ2) is 9.80. The van der Waals surface area contributed by atoms with Crippen LogP contribution in [0.15, 0.2) is 41.3 Å². The van der Waals surface area contributed by atoms with Gasteiger partial charge < -0.3 is 15.8 Å². The second-order valence-corrected chi connectivity index (χ2v) is 8.12. The number of halogens is 5. The van der Waals surface area contributed by atoms with Crippen molar-refractivity contribution < 1.29 is 31.5 Å². The lowest BCUT2D eigenvalue weighted by Gasteiger charge is -2.27. The van der Waals surface area contributed by atoms with Crippen LogP contribution >= 0.6 is 0 Å². The number of hydrogen-bond acceptors (Lipinski definition) is 8. The molecule has 4 rings (SSSR count). The molecule has 0 spiro atoms. The number of pyridine rings is 1. The second-order valence-electron chi connectivity index (χ2n) is 8.12. The summed E-state index contributed by atoms with van der Waals surface area (Å²) in [6.45, 7) is -4.61. The molecular weight excluding hydrogens is 503 g/mol. The molecule has 2 atom stereocenters. The number of aromatic nitrogens is 4. The van der Waals surface area contributed by atoms with Crippen LogP contribution in [0.2, 0.25) is 0 Å². The Morgan fingerprint density at radius 3 is 2.76 bits per heavy atom. The molecule has 0 unspecified atom stereocenters. The number of ether oxygens (including phenoxy) is 1. The number of aliphatic imine (C=N–C) groups is 1.